The number of benzene rings is 2. The van der Waals surface area contributed by atoms with Gasteiger partial charge in [-0.1, -0.05) is 11.8 Å². The maximum atomic E-state index is 13.2. The number of carbonyl (C=O) groups excluding carboxylic acids is 1. The molecule has 7 heteroatoms. The Morgan fingerprint density at radius 3 is 2.50 bits per heavy atom. The largest absolute Gasteiger partial charge is 0.329 e. The van der Waals surface area contributed by atoms with E-state index in [2.05, 4.69) is 10.3 Å². The van der Waals surface area contributed by atoms with E-state index >= 15 is 0 Å². The molecule has 0 aliphatic carbocycles. The summed E-state index contributed by atoms with van der Waals surface area (Å²) in [6, 6.07) is 10.2. The summed E-state index contributed by atoms with van der Waals surface area (Å²) in [5.74, 6) is -2.54. The molecule has 0 fully saturated rings. The summed E-state index contributed by atoms with van der Waals surface area (Å²) in [7, 11) is 1.91. The minimum atomic E-state index is -1.05. The molecule has 3 aromatic rings. The molecule has 0 bridgehead atoms. The number of imidazole rings is 1. The number of nitrogens with zero attached hydrogens (tertiary/aromatic N) is 2. The van der Waals surface area contributed by atoms with E-state index in [4.69, 9.17) is 0 Å². The molecular weight excluding hydrogens is 332 g/mol. The maximum Gasteiger partial charge on any atom is 0.255 e. The van der Waals surface area contributed by atoms with Crippen LogP contribution >= 0.6 is 11.8 Å². The van der Waals surface area contributed by atoms with Gasteiger partial charge in [-0.2, -0.15) is 0 Å². The highest BCUT2D eigenvalue weighted by molar-refractivity contribution is 7.99. The lowest BCUT2D eigenvalue weighted by Gasteiger charge is -2.07. The molecule has 2 aromatic carbocycles. The molecule has 0 saturated heterocycles. The first kappa shape index (κ1) is 16.2. The average molecular weight is 345 g/mol. The first-order valence-electron chi connectivity index (χ1n) is 7.04. The second-order valence-corrected chi connectivity index (χ2v) is 6.07. The van der Waals surface area contributed by atoms with Crippen LogP contribution in [0.15, 0.2) is 64.9 Å². The van der Waals surface area contributed by atoms with Gasteiger partial charge >= 0.3 is 0 Å². The molecule has 1 amide bonds. The van der Waals surface area contributed by atoms with Crippen LogP contribution in [0.1, 0.15) is 10.4 Å². The van der Waals surface area contributed by atoms with Crippen molar-refractivity contribution in [1.82, 2.24) is 9.55 Å². The van der Waals surface area contributed by atoms with Gasteiger partial charge in [0.2, 0.25) is 0 Å². The SMILES string of the molecule is Cn1ccnc1Sc1ccc(NC(=O)c2ccc(F)c(F)c2)cc1. The van der Waals surface area contributed by atoms with Gasteiger partial charge in [-0.15, -0.1) is 0 Å². The van der Waals surface area contributed by atoms with Gasteiger partial charge in [-0.25, -0.2) is 13.8 Å². The highest BCUT2D eigenvalue weighted by atomic mass is 32.2. The van der Waals surface area contributed by atoms with Crippen molar-refractivity contribution in [3.05, 3.63) is 72.1 Å². The molecule has 0 saturated carbocycles. The van der Waals surface area contributed by atoms with E-state index in [1.54, 1.807) is 18.3 Å². The molecule has 0 radical (unpaired) electrons. The Hall–Kier alpha value is -2.67. The molecular formula is C17H13F2N3OS. The summed E-state index contributed by atoms with van der Waals surface area (Å²) in [6.07, 6.45) is 3.58. The van der Waals surface area contributed by atoms with Gasteiger partial charge in [0.25, 0.3) is 5.91 Å². The number of hydrogen-bond donors (Lipinski definition) is 1. The van der Waals surface area contributed by atoms with Crippen molar-refractivity contribution >= 4 is 23.4 Å². The smallest absolute Gasteiger partial charge is 0.255 e. The van der Waals surface area contributed by atoms with Crippen LogP contribution in [0.2, 0.25) is 0 Å². The summed E-state index contributed by atoms with van der Waals surface area (Å²) in [5, 5.41) is 3.50. The van der Waals surface area contributed by atoms with Crippen molar-refractivity contribution in [2.45, 2.75) is 10.1 Å². The number of rotatable bonds is 4. The normalized spacial score (nSPS) is 10.6. The number of hydrogen-bond acceptors (Lipinski definition) is 3. The molecule has 24 heavy (non-hydrogen) atoms. The Kier molecular flexibility index (Phi) is 4.61. The minimum absolute atomic E-state index is 0.0559. The zero-order chi connectivity index (χ0) is 17.1. The maximum absolute atomic E-state index is 13.2. The highest BCUT2D eigenvalue weighted by Crippen LogP contribution is 2.26. The Morgan fingerprint density at radius 2 is 1.88 bits per heavy atom. The van der Waals surface area contributed by atoms with E-state index in [1.807, 2.05) is 29.9 Å². The van der Waals surface area contributed by atoms with Gasteiger partial charge < -0.3 is 9.88 Å². The summed E-state index contributed by atoms with van der Waals surface area (Å²) < 4.78 is 28.0. The molecule has 3 rings (SSSR count). The fraction of sp³-hybridized carbons (Fsp3) is 0.0588. The van der Waals surface area contributed by atoms with E-state index in [0.29, 0.717) is 5.69 Å². The molecule has 0 spiro atoms. The number of amides is 1. The van der Waals surface area contributed by atoms with Gasteiger partial charge in [-0.05, 0) is 42.5 Å². The Morgan fingerprint density at radius 1 is 1.12 bits per heavy atom. The van der Waals surface area contributed by atoms with Crippen LogP contribution in [0, 0.1) is 11.6 Å². The Bertz CT molecular complexity index is 878. The zero-order valence-corrected chi connectivity index (χ0v) is 13.5. The fourth-order valence-electron chi connectivity index (χ4n) is 2.00. The number of halogens is 2. The van der Waals surface area contributed by atoms with Crippen molar-refractivity contribution in [3.8, 4) is 0 Å². The predicted molar refractivity (Wildman–Crippen MR) is 88.1 cm³/mol. The van der Waals surface area contributed by atoms with Crippen molar-refractivity contribution < 1.29 is 13.6 Å². The molecule has 1 N–H and O–H groups in total. The lowest BCUT2D eigenvalue weighted by molar-refractivity contribution is 0.102. The van der Waals surface area contributed by atoms with Crippen molar-refractivity contribution in [3.63, 3.8) is 0 Å². The van der Waals surface area contributed by atoms with Crippen molar-refractivity contribution in [2.24, 2.45) is 7.05 Å². The first-order chi connectivity index (χ1) is 11.5. The predicted octanol–water partition coefficient (Wildman–Crippen LogP) is 4.10. The van der Waals surface area contributed by atoms with E-state index < -0.39 is 17.5 Å². The third-order valence-electron chi connectivity index (χ3n) is 3.28. The van der Waals surface area contributed by atoms with Gasteiger partial charge in [-0.3, -0.25) is 4.79 Å². The molecule has 0 unspecified atom stereocenters. The standard InChI is InChI=1S/C17H13F2N3OS/c1-22-9-8-20-17(22)24-13-5-3-12(4-6-13)21-16(23)11-2-7-14(18)15(19)10-11/h2-10H,1H3,(H,21,23). The molecule has 122 valence electrons. The third-order valence-corrected chi connectivity index (χ3v) is 4.36. The van der Waals surface area contributed by atoms with Gasteiger partial charge in [0.15, 0.2) is 16.8 Å². The Balaban J connectivity index is 1.68. The molecule has 1 aromatic heterocycles. The summed E-state index contributed by atoms with van der Waals surface area (Å²) in [4.78, 5) is 17.2. The number of aromatic nitrogens is 2. The second kappa shape index (κ2) is 6.84. The van der Waals surface area contributed by atoms with Gasteiger partial charge in [0.1, 0.15) is 0 Å². The monoisotopic (exact) mass is 345 g/mol. The lowest BCUT2D eigenvalue weighted by atomic mass is 10.2. The molecule has 0 aliphatic rings. The Labute approximate surface area is 141 Å². The van der Waals surface area contributed by atoms with Crippen LogP contribution in [0.25, 0.3) is 0 Å². The molecule has 0 aliphatic heterocycles. The summed E-state index contributed by atoms with van der Waals surface area (Å²) in [6.45, 7) is 0. The number of carbonyl (C=O) groups is 1. The highest BCUT2D eigenvalue weighted by Gasteiger charge is 2.10. The quantitative estimate of drug-likeness (QED) is 0.774. The van der Waals surface area contributed by atoms with E-state index in [0.717, 1.165) is 22.2 Å². The van der Waals surface area contributed by atoms with Gasteiger partial charge in [0, 0.05) is 35.6 Å². The van der Waals surface area contributed by atoms with Crippen LogP contribution in [0.4, 0.5) is 14.5 Å². The van der Waals surface area contributed by atoms with E-state index in [-0.39, 0.29) is 5.56 Å². The topological polar surface area (TPSA) is 46.9 Å². The van der Waals surface area contributed by atoms with Crippen LogP contribution in [-0.4, -0.2) is 15.5 Å². The van der Waals surface area contributed by atoms with Crippen LogP contribution in [-0.2, 0) is 7.05 Å². The minimum Gasteiger partial charge on any atom is -0.329 e. The number of anilines is 1. The van der Waals surface area contributed by atoms with E-state index in [9.17, 15) is 13.6 Å². The zero-order valence-electron chi connectivity index (χ0n) is 12.7. The van der Waals surface area contributed by atoms with Crippen LogP contribution in [0.3, 0.4) is 0 Å². The second-order valence-electron chi connectivity index (χ2n) is 5.03. The van der Waals surface area contributed by atoms with Crippen molar-refractivity contribution in [1.29, 1.82) is 0 Å². The average Bonchev–Trinajstić information content (AvgIpc) is 2.97. The first-order valence-corrected chi connectivity index (χ1v) is 7.86. The van der Waals surface area contributed by atoms with Gasteiger partial charge in [0.05, 0.1) is 0 Å². The van der Waals surface area contributed by atoms with Crippen LogP contribution < -0.4 is 5.32 Å². The lowest BCUT2D eigenvalue weighted by Crippen LogP contribution is -2.12. The molecule has 4 nitrogen and oxygen atoms in total. The third kappa shape index (κ3) is 3.62. The molecule has 0 atom stereocenters. The number of aryl methyl sites for hydroxylation is 1. The summed E-state index contributed by atoms with van der Waals surface area (Å²) >= 11 is 1.50. The van der Waals surface area contributed by atoms with E-state index in [1.165, 1.54) is 17.8 Å². The number of nitrogens with one attached hydrogen (secondary N) is 1. The molecule has 1 heterocycles. The summed E-state index contributed by atoms with van der Waals surface area (Å²) in [5.41, 5.74) is 0.620. The van der Waals surface area contributed by atoms with Crippen LogP contribution in [0.5, 0.6) is 0 Å². The van der Waals surface area contributed by atoms with Crippen molar-refractivity contribution in [2.75, 3.05) is 5.32 Å². The fourth-order valence-corrected chi connectivity index (χ4v) is 2.80.